The molecule has 3 rings (SSSR count). The molecule has 3 aromatic rings. The molecule has 5 heteroatoms. The standard InChI is InChI=1S/C20H22Cl2N2O/c1-2-25-14-8-6-13(7-9-14)19-15(5-3-4-12-23)16-10-11-17(21)18(22)20(16)24-19/h6-11,24H,2-5,12,23H2,1H3. The van der Waals surface area contributed by atoms with Crippen molar-refractivity contribution < 1.29 is 4.74 Å². The van der Waals surface area contributed by atoms with Crippen LogP contribution in [-0.2, 0) is 6.42 Å². The Balaban J connectivity index is 2.08. The lowest BCUT2D eigenvalue weighted by Crippen LogP contribution is -1.99. The third-order valence-corrected chi connectivity index (χ3v) is 5.11. The number of aromatic amines is 1. The highest BCUT2D eigenvalue weighted by molar-refractivity contribution is 6.45. The lowest BCUT2D eigenvalue weighted by atomic mass is 10.0. The van der Waals surface area contributed by atoms with Gasteiger partial charge >= 0.3 is 0 Å². The first kappa shape index (κ1) is 18.1. The monoisotopic (exact) mass is 376 g/mol. The average Bonchev–Trinajstić information content (AvgIpc) is 2.99. The van der Waals surface area contributed by atoms with Gasteiger partial charge in [0.05, 0.1) is 22.2 Å². The molecule has 25 heavy (non-hydrogen) atoms. The Bertz CT molecular complexity index is 856. The van der Waals surface area contributed by atoms with Crippen LogP contribution in [0.15, 0.2) is 36.4 Å². The Morgan fingerprint density at radius 2 is 1.80 bits per heavy atom. The zero-order valence-corrected chi connectivity index (χ0v) is 15.8. The molecule has 0 atom stereocenters. The van der Waals surface area contributed by atoms with Crippen LogP contribution in [0, 0.1) is 0 Å². The van der Waals surface area contributed by atoms with Crippen molar-refractivity contribution in [3.8, 4) is 17.0 Å². The topological polar surface area (TPSA) is 51.0 Å². The highest BCUT2D eigenvalue weighted by Crippen LogP contribution is 2.38. The molecule has 0 saturated carbocycles. The highest BCUT2D eigenvalue weighted by atomic mass is 35.5. The summed E-state index contributed by atoms with van der Waals surface area (Å²) in [5, 5.41) is 2.24. The van der Waals surface area contributed by atoms with Gasteiger partial charge in [-0.15, -0.1) is 0 Å². The number of hydrogen-bond acceptors (Lipinski definition) is 2. The molecule has 0 aliphatic rings. The number of H-pyrrole nitrogens is 1. The highest BCUT2D eigenvalue weighted by Gasteiger charge is 2.16. The van der Waals surface area contributed by atoms with E-state index in [9.17, 15) is 0 Å². The van der Waals surface area contributed by atoms with Crippen LogP contribution in [0.3, 0.4) is 0 Å². The number of hydrogen-bond donors (Lipinski definition) is 2. The number of halogens is 2. The fourth-order valence-corrected chi connectivity index (χ4v) is 3.47. The lowest BCUT2D eigenvalue weighted by Gasteiger charge is -2.07. The average molecular weight is 377 g/mol. The van der Waals surface area contributed by atoms with Crippen LogP contribution >= 0.6 is 23.2 Å². The molecular formula is C20H22Cl2N2O. The number of aromatic nitrogens is 1. The van der Waals surface area contributed by atoms with E-state index in [0.29, 0.717) is 23.2 Å². The molecule has 1 heterocycles. The quantitative estimate of drug-likeness (QED) is 0.510. The van der Waals surface area contributed by atoms with Crippen molar-refractivity contribution in [2.75, 3.05) is 13.2 Å². The predicted molar refractivity (Wildman–Crippen MR) is 107 cm³/mol. The van der Waals surface area contributed by atoms with Crippen molar-refractivity contribution in [3.05, 3.63) is 52.0 Å². The Morgan fingerprint density at radius 1 is 1.04 bits per heavy atom. The number of ether oxygens (including phenoxy) is 1. The summed E-state index contributed by atoms with van der Waals surface area (Å²) in [5.41, 5.74) is 9.99. The normalized spacial score (nSPS) is 11.2. The number of benzene rings is 2. The van der Waals surface area contributed by atoms with Crippen LogP contribution in [-0.4, -0.2) is 18.1 Å². The van der Waals surface area contributed by atoms with Gasteiger partial charge in [-0.05, 0) is 74.2 Å². The third-order valence-electron chi connectivity index (χ3n) is 4.31. The lowest BCUT2D eigenvalue weighted by molar-refractivity contribution is 0.340. The minimum atomic E-state index is 0.558. The Kier molecular flexibility index (Phi) is 5.89. The smallest absolute Gasteiger partial charge is 0.119 e. The molecule has 3 nitrogen and oxygen atoms in total. The van der Waals surface area contributed by atoms with Gasteiger partial charge in [0.25, 0.3) is 0 Å². The Labute approximate surface area is 158 Å². The zero-order chi connectivity index (χ0) is 17.8. The molecule has 0 bridgehead atoms. The van der Waals surface area contributed by atoms with E-state index in [4.69, 9.17) is 33.7 Å². The van der Waals surface area contributed by atoms with Crippen LogP contribution in [0.1, 0.15) is 25.3 Å². The summed E-state index contributed by atoms with van der Waals surface area (Å²) >= 11 is 12.6. The fourth-order valence-electron chi connectivity index (χ4n) is 3.10. The summed E-state index contributed by atoms with van der Waals surface area (Å²) in [7, 11) is 0. The summed E-state index contributed by atoms with van der Waals surface area (Å²) in [6.45, 7) is 3.34. The number of unbranched alkanes of at least 4 members (excludes halogenated alkanes) is 1. The number of nitrogens with two attached hydrogens (primary N) is 1. The molecule has 0 aliphatic heterocycles. The van der Waals surface area contributed by atoms with E-state index in [2.05, 4.69) is 17.1 Å². The Morgan fingerprint density at radius 3 is 2.48 bits per heavy atom. The summed E-state index contributed by atoms with van der Waals surface area (Å²) < 4.78 is 5.54. The second-order valence-electron chi connectivity index (χ2n) is 5.97. The van der Waals surface area contributed by atoms with Crippen molar-refractivity contribution in [1.29, 1.82) is 0 Å². The molecular weight excluding hydrogens is 355 g/mol. The van der Waals surface area contributed by atoms with Gasteiger partial charge in [-0.2, -0.15) is 0 Å². The minimum Gasteiger partial charge on any atom is -0.494 e. The van der Waals surface area contributed by atoms with Crippen molar-refractivity contribution >= 4 is 34.1 Å². The van der Waals surface area contributed by atoms with E-state index in [-0.39, 0.29) is 0 Å². The number of fused-ring (bicyclic) bond motifs is 1. The van der Waals surface area contributed by atoms with E-state index in [1.807, 2.05) is 31.2 Å². The van der Waals surface area contributed by atoms with Crippen LogP contribution in [0.4, 0.5) is 0 Å². The fraction of sp³-hybridized carbons (Fsp3) is 0.300. The summed E-state index contributed by atoms with van der Waals surface area (Å²) in [4.78, 5) is 3.48. The number of nitrogens with one attached hydrogen (secondary N) is 1. The van der Waals surface area contributed by atoms with Crippen molar-refractivity contribution in [3.63, 3.8) is 0 Å². The number of rotatable bonds is 7. The van der Waals surface area contributed by atoms with Gasteiger partial charge in [0.1, 0.15) is 5.75 Å². The zero-order valence-electron chi connectivity index (χ0n) is 14.2. The summed E-state index contributed by atoms with van der Waals surface area (Å²) in [6.07, 6.45) is 2.97. The SMILES string of the molecule is CCOc1ccc(-c2[nH]c3c(Cl)c(Cl)ccc3c2CCCCN)cc1. The first-order valence-electron chi connectivity index (χ1n) is 8.57. The largest absolute Gasteiger partial charge is 0.494 e. The summed E-state index contributed by atoms with van der Waals surface area (Å²) in [6, 6.07) is 12.0. The van der Waals surface area contributed by atoms with Gasteiger partial charge < -0.3 is 15.5 Å². The Hall–Kier alpha value is -1.68. The van der Waals surface area contributed by atoms with Crippen molar-refractivity contribution in [1.82, 2.24) is 4.98 Å². The second-order valence-corrected chi connectivity index (χ2v) is 6.75. The third kappa shape index (κ3) is 3.79. The first-order chi connectivity index (χ1) is 12.2. The molecule has 3 N–H and O–H groups in total. The predicted octanol–water partition coefficient (Wildman–Crippen LogP) is 5.82. The molecule has 0 radical (unpaired) electrons. The van der Waals surface area contributed by atoms with Gasteiger partial charge in [0.15, 0.2) is 0 Å². The van der Waals surface area contributed by atoms with Crippen LogP contribution in [0.2, 0.25) is 10.0 Å². The van der Waals surface area contributed by atoms with Crippen molar-refractivity contribution in [2.24, 2.45) is 5.73 Å². The first-order valence-corrected chi connectivity index (χ1v) is 9.33. The molecule has 1 aromatic heterocycles. The molecule has 0 amide bonds. The van der Waals surface area contributed by atoms with E-state index in [0.717, 1.165) is 47.2 Å². The molecule has 0 fully saturated rings. The molecule has 0 aliphatic carbocycles. The van der Waals surface area contributed by atoms with Gasteiger partial charge in [-0.3, -0.25) is 0 Å². The van der Waals surface area contributed by atoms with Crippen LogP contribution in [0.25, 0.3) is 22.2 Å². The van der Waals surface area contributed by atoms with Crippen molar-refractivity contribution in [2.45, 2.75) is 26.2 Å². The van der Waals surface area contributed by atoms with E-state index in [1.54, 1.807) is 0 Å². The van der Waals surface area contributed by atoms with E-state index in [1.165, 1.54) is 5.56 Å². The van der Waals surface area contributed by atoms with Gasteiger partial charge in [0, 0.05) is 11.1 Å². The molecule has 0 saturated heterocycles. The van der Waals surface area contributed by atoms with E-state index >= 15 is 0 Å². The van der Waals surface area contributed by atoms with Crippen LogP contribution in [0.5, 0.6) is 5.75 Å². The molecule has 0 unspecified atom stereocenters. The second kappa shape index (κ2) is 8.13. The van der Waals surface area contributed by atoms with Gasteiger partial charge in [-0.25, -0.2) is 0 Å². The molecule has 132 valence electrons. The molecule has 0 spiro atoms. The number of aryl methyl sites for hydroxylation is 1. The maximum Gasteiger partial charge on any atom is 0.119 e. The maximum absolute atomic E-state index is 6.42. The van der Waals surface area contributed by atoms with Crippen LogP contribution < -0.4 is 10.5 Å². The summed E-state index contributed by atoms with van der Waals surface area (Å²) in [5.74, 6) is 0.869. The minimum absolute atomic E-state index is 0.558. The molecule has 2 aromatic carbocycles. The van der Waals surface area contributed by atoms with Gasteiger partial charge in [0.2, 0.25) is 0 Å². The maximum atomic E-state index is 6.42. The van der Waals surface area contributed by atoms with Gasteiger partial charge in [-0.1, -0.05) is 29.3 Å². The van der Waals surface area contributed by atoms with E-state index < -0.39 is 0 Å².